The van der Waals surface area contributed by atoms with E-state index in [1.807, 2.05) is 5.92 Å². The second-order valence-electron chi connectivity index (χ2n) is 3.04. The maximum atomic E-state index is 11.7. The Morgan fingerprint density at radius 3 is 2.00 bits per heavy atom. The molecule has 0 spiro atoms. The third-order valence-corrected chi connectivity index (χ3v) is 2.76. The molecule has 1 aromatic carbocycles. The molecule has 0 aromatic heterocycles. The molecule has 0 unspecified atom stereocenters. The first-order chi connectivity index (χ1) is 7.18. The van der Waals surface area contributed by atoms with Crippen LogP contribution in [-0.4, -0.2) is 20.8 Å². The molecule has 0 saturated heterocycles. The molecule has 0 aliphatic carbocycles. The van der Waals surface area contributed by atoms with Gasteiger partial charge in [-0.15, -0.1) is 0 Å². The predicted molar refractivity (Wildman–Crippen MR) is 52.5 cm³/mol. The summed E-state index contributed by atoms with van der Waals surface area (Å²) in [4.78, 5) is 0.0464. The average molecular weight is 248 g/mol. The molecule has 0 saturated carbocycles. The minimum absolute atomic E-state index is 0.0464. The van der Waals surface area contributed by atoms with Gasteiger partial charge < -0.3 is 0 Å². The quantitative estimate of drug-likeness (QED) is 0.712. The smallest absolute Gasteiger partial charge is 0.224 e. The lowest BCUT2D eigenvalue weighted by Gasteiger charge is -1.97. The highest BCUT2D eigenvalue weighted by Gasteiger charge is 2.22. The van der Waals surface area contributed by atoms with Gasteiger partial charge in [0.1, 0.15) is 0 Å². The highest BCUT2D eigenvalue weighted by Crippen LogP contribution is 2.13. The summed E-state index contributed by atoms with van der Waals surface area (Å²) in [7, 11) is -3.33. The van der Waals surface area contributed by atoms with E-state index in [2.05, 4.69) is 0 Å². The first-order valence-corrected chi connectivity index (χ1v) is 5.98. The number of benzene rings is 1. The number of sulfone groups is 1. The van der Waals surface area contributed by atoms with E-state index in [4.69, 9.17) is 0 Å². The van der Waals surface area contributed by atoms with Crippen molar-refractivity contribution in [2.75, 3.05) is 6.26 Å². The molecule has 16 heavy (non-hydrogen) atoms. The van der Waals surface area contributed by atoms with E-state index in [1.54, 1.807) is 0 Å². The summed E-state index contributed by atoms with van der Waals surface area (Å²) in [6.45, 7) is 0. The highest BCUT2D eigenvalue weighted by atomic mass is 32.2. The molecule has 0 fully saturated rings. The van der Waals surface area contributed by atoms with E-state index >= 15 is 0 Å². The van der Waals surface area contributed by atoms with E-state index in [0.29, 0.717) is 0 Å². The van der Waals surface area contributed by atoms with Crippen LogP contribution in [0.3, 0.4) is 0 Å². The molecule has 0 amide bonds. The molecule has 2 nitrogen and oxygen atoms in total. The Labute approximate surface area is 91.0 Å². The van der Waals surface area contributed by atoms with Gasteiger partial charge in [-0.3, -0.25) is 0 Å². The second kappa shape index (κ2) is 4.18. The Balaban J connectivity index is 3.00. The zero-order chi connectivity index (χ0) is 12.4. The van der Waals surface area contributed by atoms with Crippen molar-refractivity contribution in [2.24, 2.45) is 0 Å². The fourth-order valence-electron chi connectivity index (χ4n) is 0.929. The highest BCUT2D eigenvalue weighted by molar-refractivity contribution is 7.90. The van der Waals surface area contributed by atoms with E-state index in [-0.39, 0.29) is 10.5 Å². The normalized spacial score (nSPS) is 11.8. The number of hydrogen-bond donors (Lipinski definition) is 0. The van der Waals surface area contributed by atoms with Crippen LogP contribution in [-0.2, 0) is 9.84 Å². The molecule has 0 atom stereocenters. The van der Waals surface area contributed by atoms with Gasteiger partial charge in [0.05, 0.1) is 4.90 Å². The Hall–Kier alpha value is -1.48. The number of hydrogen-bond acceptors (Lipinski definition) is 2. The van der Waals surface area contributed by atoms with Crippen LogP contribution < -0.4 is 0 Å². The van der Waals surface area contributed by atoms with Crippen LogP contribution in [0, 0.1) is 11.8 Å². The molecule has 0 bridgehead atoms. The Bertz CT molecular complexity index is 530. The lowest BCUT2D eigenvalue weighted by atomic mass is 10.2. The first-order valence-electron chi connectivity index (χ1n) is 4.08. The van der Waals surface area contributed by atoms with Crippen molar-refractivity contribution >= 4 is 9.84 Å². The van der Waals surface area contributed by atoms with Gasteiger partial charge in [0.2, 0.25) is 0 Å². The maximum Gasteiger partial charge on any atom is 0.458 e. The summed E-state index contributed by atoms with van der Waals surface area (Å²) in [5, 5.41) is 0. The van der Waals surface area contributed by atoms with Crippen molar-refractivity contribution in [3.63, 3.8) is 0 Å². The summed E-state index contributed by atoms with van der Waals surface area (Å²) in [5.74, 6) is 2.99. The van der Waals surface area contributed by atoms with Crippen LogP contribution in [0.4, 0.5) is 13.2 Å². The zero-order valence-corrected chi connectivity index (χ0v) is 8.98. The Morgan fingerprint density at radius 1 is 1.12 bits per heavy atom. The van der Waals surface area contributed by atoms with Gasteiger partial charge >= 0.3 is 6.18 Å². The van der Waals surface area contributed by atoms with Crippen molar-refractivity contribution in [1.29, 1.82) is 0 Å². The topological polar surface area (TPSA) is 34.1 Å². The lowest BCUT2D eigenvalue weighted by Crippen LogP contribution is -2.01. The van der Waals surface area contributed by atoms with Crippen LogP contribution in [0.2, 0.25) is 0 Å². The van der Waals surface area contributed by atoms with Crippen molar-refractivity contribution in [3.8, 4) is 11.8 Å². The van der Waals surface area contributed by atoms with Crippen LogP contribution in [0.5, 0.6) is 0 Å². The first kappa shape index (κ1) is 12.6. The van der Waals surface area contributed by atoms with Gasteiger partial charge in [0.25, 0.3) is 0 Å². The van der Waals surface area contributed by atoms with Crippen LogP contribution in [0.25, 0.3) is 0 Å². The van der Waals surface area contributed by atoms with Crippen LogP contribution in [0.15, 0.2) is 29.2 Å². The minimum atomic E-state index is -4.55. The maximum absolute atomic E-state index is 11.7. The monoisotopic (exact) mass is 248 g/mol. The summed E-state index contributed by atoms with van der Waals surface area (Å²) in [6.07, 6.45) is -3.53. The van der Waals surface area contributed by atoms with Crippen molar-refractivity contribution in [2.45, 2.75) is 11.1 Å². The van der Waals surface area contributed by atoms with Gasteiger partial charge in [0.15, 0.2) is 9.84 Å². The fourth-order valence-corrected chi connectivity index (χ4v) is 1.56. The van der Waals surface area contributed by atoms with E-state index < -0.39 is 16.0 Å². The standard InChI is InChI=1S/C10H7F3O2S/c1-16(14,15)9-4-2-8(3-5-9)6-7-10(11,12)13/h2-5H,1H3. The van der Waals surface area contributed by atoms with E-state index in [1.165, 1.54) is 24.3 Å². The summed E-state index contributed by atoms with van der Waals surface area (Å²) < 4.78 is 57.3. The van der Waals surface area contributed by atoms with Crippen LogP contribution in [0.1, 0.15) is 5.56 Å². The third-order valence-electron chi connectivity index (χ3n) is 1.63. The van der Waals surface area contributed by atoms with Crippen LogP contribution >= 0.6 is 0 Å². The average Bonchev–Trinajstić information content (AvgIpc) is 2.13. The molecular weight excluding hydrogens is 241 g/mol. The number of rotatable bonds is 1. The van der Waals surface area contributed by atoms with Crippen molar-refractivity contribution < 1.29 is 21.6 Å². The zero-order valence-electron chi connectivity index (χ0n) is 8.17. The second-order valence-corrected chi connectivity index (χ2v) is 5.06. The molecular formula is C10H7F3O2S. The van der Waals surface area contributed by atoms with Crippen molar-refractivity contribution in [1.82, 2.24) is 0 Å². The molecule has 6 heteroatoms. The Kier molecular flexibility index (Phi) is 3.29. The molecule has 0 radical (unpaired) electrons. The third kappa shape index (κ3) is 3.95. The van der Waals surface area contributed by atoms with Crippen molar-refractivity contribution in [3.05, 3.63) is 29.8 Å². The lowest BCUT2D eigenvalue weighted by molar-refractivity contribution is -0.0696. The summed E-state index contributed by atoms with van der Waals surface area (Å²) >= 11 is 0. The van der Waals surface area contributed by atoms with Gasteiger partial charge in [0, 0.05) is 17.7 Å². The number of alkyl halides is 3. The number of halogens is 3. The molecule has 0 heterocycles. The molecule has 86 valence electrons. The molecule has 0 aliphatic rings. The van der Waals surface area contributed by atoms with Gasteiger partial charge in [-0.2, -0.15) is 13.2 Å². The van der Waals surface area contributed by atoms with E-state index in [0.717, 1.165) is 12.2 Å². The fraction of sp³-hybridized carbons (Fsp3) is 0.200. The molecule has 1 aromatic rings. The Morgan fingerprint density at radius 2 is 1.62 bits per heavy atom. The minimum Gasteiger partial charge on any atom is -0.224 e. The molecule has 1 rings (SSSR count). The van der Waals surface area contributed by atoms with Gasteiger partial charge in [-0.1, -0.05) is 5.92 Å². The summed E-state index contributed by atoms with van der Waals surface area (Å²) in [6, 6.07) is 4.90. The molecule has 0 aliphatic heterocycles. The van der Waals surface area contributed by atoms with E-state index in [9.17, 15) is 21.6 Å². The SMILES string of the molecule is CS(=O)(=O)c1ccc(C#CC(F)(F)F)cc1. The van der Waals surface area contributed by atoms with Gasteiger partial charge in [-0.05, 0) is 24.3 Å². The molecule has 0 N–H and O–H groups in total. The predicted octanol–water partition coefficient (Wildman–Crippen LogP) is 2.00. The summed E-state index contributed by atoms with van der Waals surface area (Å²) in [5.41, 5.74) is 0.115. The van der Waals surface area contributed by atoms with Gasteiger partial charge in [-0.25, -0.2) is 8.42 Å². The largest absolute Gasteiger partial charge is 0.458 e.